The zero-order valence-corrected chi connectivity index (χ0v) is 9.91. The maximum Gasteiger partial charge on any atom is 0.326 e. The van der Waals surface area contributed by atoms with Gasteiger partial charge in [-0.15, -0.1) is 11.3 Å². The number of hydrogen-bond donors (Lipinski definition) is 2. The number of anilines is 1. The zero-order chi connectivity index (χ0) is 11.8. The first kappa shape index (κ1) is 10.5. The highest BCUT2D eigenvalue weighted by Crippen LogP contribution is 2.34. The number of carboxylic acid groups (broad SMARTS) is 1. The summed E-state index contributed by atoms with van der Waals surface area (Å²) in [4.78, 5) is 15.3. The molecule has 1 atom stereocenters. The predicted octanol–water partition coefficient (Wildman–Crippen LogP) is 2.57. The number of rotatable bonds is 4. The highest BCUT2D eigenvalue weighted by atomic mass is 32.1. The number of aromatic nitrogens is 1. The van der Waals surface area contributed by atoms with Crippen molar-refractivity contribution in [2.45, 2.75) is 18.9 Å². The average Bonchev–Trinajstić information content (AvgIpc) is 3.03. The first-order valence-corrected chi connectivity index (χ1v) is 6.44. The Balaban J connectivity index is 1.85. The molecule has 1 aliphatic rings. The largest absolute Gasteiger partial charge is 0.480 e. The van der Waals surface area contributed by atoms with Gasteiger partial charge < -0.3 is 10.4 Å². The fourth-order valence-electron chi connectivity index (χ4n) is 1.94. The molecule has 3 rings (SSSR count). The Kier molecular flexibility index (Phi) is 2.48. The van der Waals surface area contributed by atoms with Gasteiger partial charge in [0.05, 0.1) is 15.7 Å². The monoisotopic (exact) mass is 248 g/mol. The molecule has 0 radical (unpaired) electrons. The van der Waals surface area contributed by atoms with Gasteiger partial charge in [-0.05, 0) is 37.0 Å². The number of aliphatic carboxylic acids is 1. The van der Waals surface area contributed by atoms with E-state index in [9.17, 15) is 4.79 Å². The molecule has 2 aromatic rings. The van der Waals surface area contributed by atoms with Crippen LogP contribution in [-0.2, 0) is 4.79 Å². The normalized spacial score (nSPS) is 16.9. The van der Waals surface area contributed by atoms with Crippen LogP contribution in [0.5, 0.6) is 0 Å². The number of fused-ring (bicyclic) bond motifs is 1. The predicted molar refractivity (Wildman–Crippen MR) is 67.4 cm³/mol. The van der Waals surface area contributed by atoms with E-state index in [0.29, 0.717) is 0 Å². The second-order valence-corrected chi connectivity index (χ2v) is 5.22. The van der Waals surface area contributed by atoms with Gasteiger partial charge in [-0.2, -0.15) is 0 Å². The second kappa shape index (κ2) is 4.00. The zero-order valence-electron chi connectivity index (χ0n) is 9.09. The van der Waals surface area contributed by atoms with E-state index in [1.165, 1.54) is 0 Å². The van der Waals surface area contributed by atoms with E-state index in [1.807, 2.05) is 18.2 Å². The quantitative estimate of drug-likeness (QED) is 0.873. The lowest BCUT2D eigenvalue weighted by Gasteiger charge is -2.14. The summed E-state index contributed by atoms with van der Waals surface area (Å²) in [5, 5.41) is 12.2. The van der Waals surface area contributed by atoms with E-state index in [1.54, 1.807) is 16.8 Å². The van der Waals surface area contributed by atoms with Gasteiger partial charge in [-0.1, -0.05) is 0 Å². The van der Waals surface area contributed by atoms with Crippen molar-refractivity contribution in [3.8, 4) is 0 Å². The van der Waals surface area contributed by atoms with Crippen LogP contribution in [0.15, 0.2) is 23.7 Å². The van der Waals surface area contributed by atoms with Crippen LogP contribution in [0.4, 0.5) is 5.69 Å². The molecule has 1 aliphatic carbocycles. The first-order valence-electron chi connectivity index (χ1n) is 5.56. The third-order valence-corrected chi connectivity index (χ3v) is 3.80. The smallest absolute Gasteiger partial charge is 0.326 e. The summed E-state index contributed by atoms with van der Waals surface area (Å²) in [7, 11) is 0. The minimum atomic E-state index is -0.767. The summed E-state index contributed by atoms with van der Waals surface area (Å²) in [6.45, 7) is 0. The van der Waals surface area contributed by atoms with Crippen molar-refractivity contribution in [3.63, 3.8) is 0 Å². The average molecular weight is 248 g/mol. The Hall–Kier alpha value is -1.62. The van der Waals surface area contributed by atoms with Gasteiger partial charge in [0, 0.05) is 5.69 Å². The van der Waals surface area contributed by atoms with Crippen LogP contribution in [0.25, 0.3) is 10.2 Å². The number of benzene rings is 1. The number of hydrogen-bond acceptors (Lipinski definition) is 4. The number of carboxylic acids is 1. The molecule has 1 heterocycles. The van der Waals surface area contributed by atoms with Crippen molar-refractivity contribution in [1.29, 1.82) is 0 Å². The summed E-state index contributed by atoms with van der Waals surface area (Å²) in [5.74, 6) is -0.485. The molecule has 0 saturated heterocycles. The standard InChI is InChI=1S/C12H12N2O2S/c15-12(16)11(7-1-2-7)14-8-3-4-9-10(5-8)17-6-13-9/h3-7,11,14H,1-2H2,(H,15,16). The van der Waals surface area contributed by atoms with Crippen LogP contribution in [0.2, 0.25) is 0 Å². The number of nitrogens with one attached hydrogen (secondary N) is 1. The van der Waals surface area contributed by atoms with Crippen molar-refractivity contribution in [2.24, 2.45) is 5.92 Å². The lowest BCUT2D eigenvalue weighted by molar-refractivity contribution is -0.138. The van der Waals surface area contributed by atoms with Gasteiger partial charge in [0.1, 0.15) is 6.04 Å². The minimum absolute atomic E-state index is 0.282. The van der Waals surface area contributed by atoms with Crippen molar-refractivity contribution in [1.82, 2.24) is 4.98 Å². The lowest BCUT2D eigenvalue weighted by Crippen LogP contribution is -2.31. The molecule has 1 aromatic heterocycles. The van der Waals surface area contributed by atoms with Crippen molar-refractivity contribution in [3.05, 3.63) is 23.7 Å². The van der Waals surface area contributed by atoms with Crippen molar-refractivity contribution >= 4 is 33.2 Å². The highest BCUT2D eigenvalue weighted by Gasteiger charge is 2.36. The molecule has 1 unspecified atom stereocenters. The topological polar surface area (TPSA) is 62.2 Å². The Labute approximate surface area is 102 Å². The fourth-order valence-corrected chi connectivity index (χ4v) is 2.65. The Morgan fingerprint density at radius 2 is 2.35 bits per heavy atom. The molecule has 1 fully saturated rings. The molecule has 0 amide bonds. The van der Waals surface area contributed by atoms with Crippen LogP contribution < -0.4 is 5.32 Å². The molecule has 88 valence electrons. The van der Waals surface area contributed by atoms with Crippen LogP contribution in [0, 0.1) is 5.92 Å². The minimum Gasteiger partial charge on any atom is -0.480 e. The van der Waals surface area contributed by atoms with E-state index in [0.717, 1.165) is 28.7 Å². The van der Waals surface area contributed by atoms with Gasteiger partial charge in [-0.25, -0.2) is 9.78 Å². The molecule has 2 N–H and O–H groups in total. The summed E-state index contributed by atoms with van der Waals surface area (Å²) in [5.41, 5.74) is 3.61. The fraction of sp³-hybridized carbons (Fsp3) is 0.333. The third-order valence-electron chi connectivity index (χ3n) is 3.01. The number of thiazole rings is 1. The van der Waals surface area contributed by atoms with Gasteiger partial charge in [0.2, 0.25) is 0 Å². The Morgan fingerprint density at radius 1 is 1.53 bits per heavy atom. The van der Waals surface area contributed by atoms with Crippen molar-refractivity contribution < 1.29 is 9.90 Å². The van der Waals surface area contributed by atoms with E-state index in [2.05, 4.69) is 10.3 Å². The molecular formula is C12H12N2O2S. The van der Waals surface area contributed by atoms with E-state index in [4.69, 9.17) is 5.11 Å². The second-order valence-electron chi connectivity index (χ2n) is 4.33. The molecule has 0 spiro atoms. The van der Waals surface area contributed by atoms with Gasteiger partial charge in [-0.3, -0.25) is 0 Å². The van der Waals surface area contributed by atoms with Crippen LogP contribution in [-0.4, -0.2) is 22.1 Å². The highest BCUT2D eigenvalue weighted by molar-refractivity contribution is 7.16. The lowest BCUT2D eigenvalue weighted by atomic mass is 10.1. The molecular weight excluding hydrogens is 236 g/mol. The molecule has 17 heavy (non-hydrogen) atoms. The van der Waals surface area contributed by atoms with Crippen LogP contribution in [0.1, 0.15) is 12.8 Å². The first-order chi connectivity index (χ1) is 8.24. The summed E-state index contributed by atoms with van der Waals surface area (Å²) >= 11 is 1.56. The van der Waals surface area contributed by atoms with E-state index >= 15 is 0 Å². The maximum atomic E-state index is 11.1. The maximum absolute atomic E-state index is 11.1. The molecule has 0 bridgehead atoms. The van der Waals surface area contributed by atoms with Crippen LogP contribution in [0.3, 0.4) is 0 Å². The third kappa shape index (κ3) is 2.10. The molecule has 0 aliphatic heterocycles. The molecule has 5 heteroatoms. The summed E-state index contributed by atoms with van der Waals surface area (Å²) in [6.07, 6.45) is 2.01. The van der Waals surface area contributed by atoms with E-state index in [-0.39, 0.29) is 5.92 Å². The SMILES string of the molecule is O=C(O)C(Nc1ccc2ncsc2c1)C1CC1. The van der Waals surface area contributed by atoms with Gasteiger partial charge in [0.25, 0.3) is 0 Å². The number of carbonyl (C=O) groups is 1. The Morgan fingerprint density at radius 3 is 3.06 bits per heavy atom. The van der Waals surface area contributed by atoms with Crippen molar-refractivity contribution in [2.75, 3.05) is 5.32 Å². The molecule has 1 saturated carbocycles. The van der Waals surface area contributed by atoms with Gasteiger partial charge >= 0.3 is 5.97 Å². The summed E-state index contributed by atoms with van der Waals surface area (Å²) < 4.78 is 1.08. The Bertz CT molecular complexity index is 562. The molecule has 4 nitrogen and oxygen atoms in total. The van der Waals surface area contributed by atoms with Crippen LogP contribution >= 0.6 is 11.3 Å². The van der Waals surface area contributed by atoms with E-state index < -0.39 is 12.0 Å². The number of nitrogens with zero attached hydrogens (tertiary/aromatic N) is 1. The summed E-state index contributed by atoms with van der Waals surface area (Å²) in [6, 6.07) is 5.31. The molecule has 1 aromatic carbocycles. The van der Waals surface area contributed by atoms with Gasteiger partial charge in [0.15, 0.2) is 0 Å².